The smallest absolute Gasteiger partial charge is 0.238 e. The molecule has 1 saturated heterocycles. The monoisotopic (exact) mass is 392 g/mol. The fourth-order valence-electron chi connectivity index (χ4n) is 3.23. The molecule has 28 heavy (non-hydrogen) atoms. The van der Waals surface area contributed by atoms with Crippen molar-refractivity contribution >= 4 is 0 Å². The van der Waals surface area contributed by atoms with E-state index >= 15 is 0 Å². The molecule has 0 saturated carbocycles. The lowest BCUT2D eigenvalue weighted by atomic mass is 9.98. The SMILES string of the molecule is Cc1[nH]nc(OC2O[C@H](CO)[C@@H](O)[C@H](O)[C@H]2O)c1Cc1ccc(C(C)C)cc1. The standard InChI is InChI=1S/C20H28N2O6/c1-10(2)13-6-4-12(5-7-13)8-14-11(3)21-22-19(14)28-20-18(26)17(25)16(24)15(9-23)27-20/h4-7,10,15-18,20,23-26H,8-9H2,1-3H3,(H,21,22)/t15-,16-,17+,18-,20?/m1/s1. The first-order chi connectivity index (χ1) is 13.3. The first-order valence-electron chi connectivity index (χ1n) is 9.41. The van der Waals surface area contributed by atoms with Crippen LogP contribution in [-0.4, -0.2) is 67.9 Å². The van der Waals surface area contributed by atoms with Crippen LogP contribution >= 0.6 is 0 Å². The Morgan fingerprint density at radius 1 is 1.11 bits per heavy atom. The third-order valence-corrected chi connectivity index (χ3v) is 5.14. The van der Waals surface area contributed by atoms with Gasteiger partial charge in [0.05, 0.1) is 6.61 Å². The maximum atomic E-state index is 10.2. The van der Waals surface area contributed by atoms with E-state index in [0.717, 1.165) is 16.8 Å². The van der Waals surface area contributed by atoms with E-state index in [1.54, 1.807) is 0 Å². The van der Waals surface area contributed by atoms with Gasteiger partial charge in [-0.2, -0.15) is 0 Å². The van der Waals surface area contributed by atoms with Gasteiger partial charge in [-0.1, -0.05) is 38.1 Å². The van der Waals surface area contributed by atoms with Gasteiger partial charge in [-0.3, -0.25) is 5.10 Å². The summed E-state index contributed by atoms with van der Waals surface area (Å²) in [5.74, 6) is 0.699. The van der Waals surface area contributed by atoms with Crippen LogP contribution in [0, 0.1) is 6.92 Å². The molecule has 0 spiro atoms. The van der Waals surface area contributed by atoms with E-state index in [1.807, 2.05) is 6.92 Å². The van der Waals surface area contributed by atoms with Crippen molar-refractivity contribution < 1.29 is 29.9 Å². The van der Waals surface area contributed by atoms with Crippen molar-refractivity contribution in [3.63, 3.8) is 0 Å². The molecule has 8 nitrogen and oxygen atoms in total. The van der Waals surface area contributed by atoms with Gasteiger partial charge in [-0.25, -0.2) is 0 Å². The Balaban J connectivity index is 1.77. The molecule has 0 amide bonds. The number of H-pyrrole nitrogens is 1. The van der Waals surface area contributed by atoms with E-state index in [0.29, 0.717) is 12.3 Å². The van der Waals surface area contributed by atoms with Gasteiger partial charge in [0, 0.05) is 17.7 Å². The Hall–Kier alpha value is -1.97. The fourth-order valence-corrected chi connectivity index (χ4v) is 3.23. The highest BCUT2D eigenvalue weighted by Gasteiger charge is 2.45. The van der Waals surface area contributed by atoms with Crippen LogP contribution in [0.1, 0.15) is 42.1 Å². The molecule has 0 bridgehead atoms. The lowest BCUT2D eigenvalue weighted by Crippen LogP contribution is -2.60. The van der Waals surface area contributed by atoms with Crippen molar-refractivity contribution in [3.05, 3.63) is 46.6 Å². The summed E-state index contributed by atoms with van der Waals surface area (Å²) < 4.78 is 11.1. The van der Waals surface area contributed by atoms with E-state index in [9.17, 15) is 20.4 Å². The molecule has 0 aliphatic carbocycles. The number of nitrogens with zero attached hydrogens (tertiary/aromatic N) is 1. The van der Waals surface area contributed by atoms with Gasteiger partial charge in [0.2, 0.25) is 12.2 Å². The summed E-state index contributed by atoms with van der Waals surface area (Å²) >= 11 is 0. The Bertz CT molecular complexity index is 774. The average molecular weight is 392 g/mol. The molecule has 1 aliphatic rings. The summed E-state index contributed by atoms with van der Waals surface area (Å²) in [6.45, 7) is 5.63. The summed E-state index contributed by atoms with van der Waals surface area (Å²) in [7, 11) is 0. The molecule has 1 aromatic carbocycles. The van der Waals surface area contributed by atoms with Gasteiger partial charge in [-0.15, -0.1) is 5.10 Å². The zero-order valence-electron chi connectivity index (χ0n) is 16.2. The Morgan fingerprint density at radius 2 is 1.79 bits per heavy atom. The Kier molecular flexibility index (Phi) is 6.36. The molecule has 5 atom stereocenters. The number of hydrogen-bond donors (Lipinski definition) is 5. The largest absolute Gasteiger partial charge is 0.443 e. The van der Waals surface area contributed by atoms with Crippen LogP contribution in [0.15, 0.2) is 24.3 Å². The van der Waals surface area contributed by atoms with E-state index < -0.39 is 37.3 Å². The van der Waals surface area contributed by atoms with Crippen LogP contribution in [0.25, 0.3) is 0 Å². The topological polar surface area (TPSA) is 128 Å². The zero-order chi connectivity index (χ0) is 20.4. The summed E-state index contributed by atoms with van der Waals surface area (Å²) in [5, 5.41) is 46.3. The predicted octanol–water partition coefficient (Wildman–Crippen LogP) is 0.611. The van der Waals surface area contributed by atoms with Crippen molar-refractivity contribution in [2.75, 3.05) is 6.61 Å². The molecule has 1 unspecified atom stereocenters. The third kappa shape index (κ3) is 4.21. The second kappa shape index (κ2) is 8.59. The molecule has 5 N–H and O–H groups in total. The van der Waals surface area contributed by atoms with Crippen molar-refractivity contribution in [1.29, 1.82) is 0 Å². The second-order valence-electron chi connectivity index (χ2n) is 7.52. The maximum Gasteiger partial charge on any atom is 0.238 e. The third-order valence-electron chi connectivity index (χ3n) is 5.14. The number of rotatable bonds is 6. The van der Waals surface area contributed by atoms with Crippen LogP contribution in [0.4, 0.5) is 0 Å². The van der Waals surface area contributed by atoms with E-state index in [4.69, 9.17) is 9.47 Å². The first kappa shape index (κ1) is 20.8. The molecule has 3 rings (SSSR count). The maximum absolute atomic E-state index is 10.2. The lowest BCUT2D eigenvalue weighted by Gasteiger charge is -2.39. The van der Waals surface area contributed by atoms with E-state index in [-0.39, 0.29) is 5.88 Å². The van der Waals surface area contributed by atoms with Crippen molar-refractivity contribution in [1.82, 2.24) is 10.2 Å². The minimum atomic E-state index is -1.50. The minimum absolute atomic E-state index is 0.245. The Labute approximate surface area is 163 Å². The number of aliphatic hydroxyl groups excluding tert-OH is 4. The quantitative estimate of drug-likeness (QED) is 0.487. The van der Waals surface area contributed by atoms with E-state index in [2.05, 4.69) is 48.3 Å². The predicted molar refractivity (Wildman–Crippen MR) is 101 cm³/mol. The number of nitrogens with one attached hydrogen (secondary N) is 1. The molecule has 1 aromatic heterocycles. The van der Waals surface area contributed by atoms with Crippen molar-refractivity contribution in [2.24, 2.45) is 0 Å². The van der Waals surface area contributed by atoms with Crippen LogP contribution in [-0.2, 0) is 11.2 Å². The normalized spacial score (nSPS) is 27.9. The molecular formula is C20H28N2O6. The summed E-state index contributed by atoms with van der Waals surface area (Å²) in [6, 6.07) is 8.29. The zero-order valence-corrected chi connectivity index (χ0v) is 16.2. The number of aromatic nitrogens is 2. The van der Waals surface area contributed by atoms with E-state index in [1.165, 1.54) is 5.56 Å². The molecule has 8 heteroatoms. The van der Waals surface area contributed by atoms with Crippen LogP contribution in [0.2, 0.25) is 0 Å². The number of ether oxygens (including phenoxy) is 2. The van der Waals surface area contributed by atoms with Crippen LogP contribution in [0.3, 0.4) is 0 Å². The van der Waals surface area contributed by atoms with Gasteiger partial charge in [0.15, 0.2) is 0 Å². The van der Waals surface area contributed by atoms with Crippen molar-refractivity contribution in [2.45, 2.75) is 63.8 Å². The summed E-state index contributed by atoms with van der Waals surface area (Å²) in [6.07, 6.45) is -6.14. The number of benzene rings is 1. The number of aliphatic hydroxyl groups is 4. The molecular weight excluding hydrogens is 364 g/mol. The molecule has 0 radical (unpaired) electrons. The number of aromatic amines is 1. The molecule has 2 heterocycles. The van der Waals surface area contributed by atoms with Crippen molar-refractivity contribution in [3.8, 4) is 5.88 Å². The molecule has 1 aliphatic heterocycles. The number of hydrogen-bond acceptors (Lipinski definition) is 7. The highest BCUT2D eigenvalue weighted by molar-refractivity contribution is 5.36. The van der Waals surface area contributed by atoms with Gasteiger partial charge in [0.1, 0.15) is 24.4 Å². The average Bonchev–Trinajstić information content (AvgIpc) is 3.02. The molecule has 2 aromatic rings. The highest BCUT2D eigenvalue weighted by Crippen LogP contribution is 2.28. The minimum Gasteiger partial charge on any atom is -0.443 e. The van der Waals surface area contributed by atoms with Gasteiger partial charge >= 0.3 is 0 Å². The fraction of sp³-hybridized carbons (Fsp3) is 0.550. The lowest BCUT2D eigenvalue weighted by molar-refractivity contribution is -0.278. The highest BCUT2D eigenvalue weighted by atomic mass is 16.7. The summed E-state index contributed by atoms with van der Waals surface area (Å²) in [4.78, 5) is 0. The Morgan fingerprint density at radius 3 is 2.39 bits per heavy atom. The van der Waals surface area contributed by atoms with Gasteiger partial charge in [-0.05, 0) is 24.0 Å². The number of aryl methyl sites for hydroxylation is 1. The first-order valence-corrected chi connectivity index (χ1v) is 9.41. The second-order valence-corrected chi connectivity index (χ2v) is 7.52. The van der Waals surface area contributed by atoms with Crippen LogP contribution < -0.4 is 4.74 Å². The molecule has 1 fully saturated rings. The molecule has 154 valence electrons. The summed E-state index contributed by atoms with van der Waals surface area (Å²) in [5.41, 5.74) is 3.94. The van der Waals surface area contributed by atoms with Gasteiger partial charge in [0.25, 0.3) is 0 Å². The van der Waals surface area contributed by atoms with Gasteiger partial charge < -0.3 is 29.9 Å². The van der Waals surface area contributed by atoms with Crippen LogP contribution in [0.5, 0.6) is 5.88 Å².